The van der Waals surface area contributed by atoms with Crippen molar-refractivity contribution in [2.45, 2.75) is 47.2 Å². The van der Waals surface area contributed by atoms with Gasteiger partial charge >= 0.3 is 0 Å². The highest BCUT2D eigenvalue weighted by Gasteiger charge is 2.16. The van der Waals surface area contributed by atoms with Crippen molar-refractivity contribution in [3.05, 3.63) is 16.0 Å². The summed E-state index contributed by atoms with van der Waals surface area (Å²) in [5.41, 5.74) is 7.21. The minimum Gasteiger partial charge on any atom is -0.393 e. The van der Waals surface area contributed by atoms with Gasteiger partial charge in [0.15, 0.2) is 0 Å². The van der Waals surface area contributed by atoms with Gasteiger partial charge in [0, 0.05) is 13.1 Å². The third-order valence-corrected chi connectivity index (χ3v) is 2.58. The van der Waals surface area contributed by atoms with E-state index >= 15 is 0 Å². The molecule has 1 rings (SSSR count). The van der Waals surface area contributed by atoms with Gasteiger partial charge in [-0.05, 0) is 26.2 Å². The van der Waals surface area contributed by atoms with Crippen LogP contribution in [0.1, 0.15) is 33.4 Å². The predicted molar refractivity (Wildman–Crippen MR) is 63.0 cm³/mol. The van der Waals surface area contributed by atoms with Gasteiger partial charge in [0.2, 0.25) is 0 Å². The lowest BCUT2D eigenvalue weighted by molar-refractivity contribution is 0.450. The second kappa shape index (κ2) is 4.55. The van der Waals surface area contributed by atoms with Crippen LogP contribution in [0.3, 0.4) is 0 Å². The molecule has 0 aliphatic rings. The number of hydrogen-bond acceptors (Lipinski definition) is 2. The molecule has 86 valence electrons. The second-order valence-corrected chi connectivity index (χ2v) is 4.20. The largest absolute Gasteiger partial charge is 0.393 e. The minimum atomic E-state index is -0.0463. The van der Waals surface area contributed by atoms with Crippen molar-refractivity contribution in [1.29, 1.82) is 0 Å². The van der Waals surface area contributed by atoms with Crippen molar-refractivity contribution >= 4 is 5.69 Å². The Morgan fingerprint density at radius 3 is 2.13 bits per heavy atom. The first-order valence-electron chi connectivity index (χ1n) is 5.60. The first-order chi connectivity index (χ1) is 7.02. The van der Waals surface area contributed by atoms with E-state index in [2.05, 4.69) is 13.8 Å². The van der Waals surface area contributed by atoms with Gasteiger partial charge in [-0.2, -0.15) is 0 Å². The molecule has 0 aliphatic heterocycles. The van der Waals surface area contributed by atoms with Crippen molar-refractivity contribution in [3.8, 4) is 0 Å². The zero-order valence-electron chi connectivity index (χ0n) is 10.1. The molecule has 2 N–H and O–H groups in total. The highest BCUT2D eigenvalue weighted by molar-refractivity contribution is 5.41. The van der Waals surface area contributed by atoms with E-state index in [0.29, 0.717) is 18.2 Å². The van der Waals surface area contributed by atoms with Crippen LogP contribution in [0.4, 0.5) is 5.69 Å². The summed E-state index contributed by atoms with van der Waals surface area (Å²) in [6.07, 6.45) is 0.863. The maximum atomic E-state index is 11.8. The van der Waals surface area contributed by atoms with Gasteiger partial charge in [-0.25, -0.2) is 4.68 Å². The molecule has 0 aliphatic carbocycles. The molecule has 0 unspecified atom stereocenters. The maximum absolute atomic E-state index is 11.8. The summed E-state index contributed by atoms with van der Waals surface area (Å²) in [6, 6.07) is 0. The van der Waals surface area contributed by atoms with Crippen LogP contribution in [0.15, 0.2) is 4.79 Å². The Kier molecular flexibility index (Phi) is 3.61. The molecule has 0 aromatic carbocycles. The Balaban J connectivity index is 3.30. The summed E-state index contributed by atoms with van der Waals surface area (Å²) in [6.45, 7) is 9.73. The van der Waals surface area contributed by atoms with Crippen LogP contribution in [-0.4, -0.2) is 9.36 Å². The van der Waals surface area contributed by atoms with Crippen molar-refractivity contribution in [1.82, 2.24) is 9.36 Å². The molecule has 4 heteroatoms. The van der Waals surface area contributed by atoms with Crippen molar-refractivity contribution in [3.63, 3.8) is 0 Å². The Labute approximate surface area is 90.7 Å². The topological polar surface area (TPSA) is 52.9 Å². The molecule has 0 radical (unpaired) electrons. The summed E-state index contributed by atoms with van der Waals surface area (Å²) < 4.78 is 3.71. The van der Waals surface area contributed by atoms with E-state index in [0.717, 1.165) is 18.7 Å². The van der Waals surface area contributed by atoms with E-state index in [1.807, 2.05) is 18.5 Å². The zero-order valence-corrected chi connectivity index (χ0v) is 10.1. The average molecular weight is 211 g/mol. The Morgan fingerprint density at radius 1 is 1.20 bits per heavy atom. The summed E-state index contributed by atoms with van der Waals surface area (Å²) in [5, 5.41) is 0. The number of anilines is 1. The standard InChI is InChI=1S/C11H21N3O/c1-5-13-9(7-8(3)4)10(12)11(15)14(13)6-2/h8H,5-7,12H2,1-4H3. The number of hydrogen-bond donors (Lipinski definition) is 1. The second-order valence-electron chi connectivity index (χ2n) is 4.20. The first-order valence-corrected chi connectivity index (χ1v) is 5.60. The Hall–Kier alpha value is -1.19. The lowest BCUT2D eigenvalue weighted by atomic mass is 10.1. The van der Waals surface area contributed by atoms with E-state index in [4.69, 9.17) is 5.73 Å². The summed E-state index contributed by atoms with van der Waals surface area (Å²) in [7, 11) is 0. The van der Waals surface area contributed by atoms with Crippen LogP contribution in [0.2, 0.25) is 0 Å². The Morgan fingerprint density at radius 2 is 1.73 bits per heavy atom. The molecule has 4 nitrogen and oxygen atoms in total. The zero-order chi connectivity index (χ0) is 11.6. The highest BCUT2D eigenvalue weighted by Crippen LogP contribution is 2.14. The Bertz CT molecular complexity index is 387. The van der Waals surface area contributed by atoms with E-state index in [1.54, 1.807) is 4.68 Å². The fraction of sp³-hybridized carbons (Fsp3) is 0.727. The van der Waals surface area contributed by atoms with Crippen LogP contribution in [-0.2, 0) is 19.5 Å². The van der Waals surface area contributed by atoms with Crippen molar-refractivity contribution in [2.75, 3.05) is 5.73 Å². The van der Waals surface area contributed by atoms with Crippen LogP contribution in [0, 0.1) is 5.92 Å². The summed E-state index contributed by atoms with van der Waals surface area (Å²) in [5.74, 6) is 0.511. The summed E-state index contributed by atoms with van der Waals surface area (Å²) in [4.78, 5) is 11.8. The monoisotopic (exact) mass is 211 g/mol. The molecule has 15 heavy (non-hydrogen) atoms. The number of nitrogens with two attached hydrogens (primary N) is 1. The van der Waals surface area contributed by atoms with Gasteiger partial charge in [0.25, 0.3) is 5.56 Å². The van der Waals surface area contributed by atoms with Crippen LogP contribution in [0.25, 0.3) is 0 Å². The maximum Gasteiger partial charge on any atom is 0.290 e. The normalized spacial score (nSPS) is 11.3. The third-order valence-electron chi connectivity index (χ3n) is 2.58. The smallest absolute Gasteiger partial charge is 0.290 e. The number of nitrogen functional groups attached to an aromatic ring is 1. The predicted octanol–water partition coefficient (Wildman–Crippen LogP) is 1.47. The van der Waals surface area contributed by atoms with Crippen LogP contribution < -0.4 is 11.3 Å². The quantitative estimate of drug-likeness (QED) is 0.820. The van der Waals surface area contributed by atoms with Gasteiger partial charge < -0.3 is 5.73 Å². The van der Waals surface area contributed by atoms with E-state index in [9.17, 15) is 4.79 Å². The van der Waals surface area contributed by atoms with Crippen LogP contribution in [0.5, 0.6) is 0 Å². The molecule has 1 heterocycles. The number of nitrogens with zero attached hydrogens (tertiary/aromatic N) is 2. The molecule has 0 bridgehead atoms. The fourth-order valence-electron chi connectivity index (χ4n) is 1.93. The van der Waals surface area contributed by atoms with Gasteiger partial charge in [0.05, 0.1) is 5.69 Å². The first kappa shape index (κ1) is 11.9. The van der Waals surface area contributed by atoms with Crippen molar-refractivity contribution < 1.29 is 0 Å². The molecular weight excluding hydrogens is 190 g/mol. The molecule has 1 aromatic heterocycles. The fourth-order valence-corrected chi connectivity index (χ4v) is 1.93. The minimum absolute atomic E-state index is 0.0463. The third kappa shape index (κ3) is 2.08. The van der Waals surface area contributed by atoms with Gasteiger partial charge in [-0.1, -0.05) is 13.8 Å². The van der Waals surface area contributed by atoms with E-state index < -0.39 is 0 Å². The number of aromatic nitrogens is 2. The molecule has 0 saturated heterocycles. The average Bonchev–Trinajstić information content (AvgIpc) is 2.41. The van der Waals surface area contributed by atoms with Gasteiger partial charge in [-0.3, -0.25) is 9.48 Å². The lowest BCUT2D eigenvalue weighted by Gasteiger charge is -2.12. The van der Waals surface area contributed by atoms with Gasteiger partial charge in [0.1, 0.15) is 5.69 Å². The van der Waals surface area contributed by atoms with Gasteiger partial charge in [-0.15, -0.1) is 0 Å². The van der Waals surface area contributed by atoms with E-state index in [1.165, 1.54) is 0 Å². The highest BCUT2D eigenvalue weighted by atomic mass is 16.1. The number of rotatable bonds is 4. The summed E-state index contributed by atoms with van der Waals surface area (Å²) >= 11 is 0. The van der Waals surface area contributed by atoms with Crippen molar-refractivity contribution in [2.24, 2.45) is 5.92 Å². The lowest BCUT2D eigenvalue weighted by Crippen LogP contribution is -2.22. The molecule has 0 saturated carbocycles. The SMILES string of the molecule is CCn1c(CC(C)C)c(N)c(=O)n1CC. The molecular formula is C11H21N3O. The molecule has 0 spiro atoms. The molecule has 0 amide bonds. The molecule has 1 aromatic rings. The molecule has 0 atom stereocenters. The molecule has 0 fully saturated rings. The van der Waals surface area contributed by atoms with Crippen LogP contribution >= 0.6 is 0 Å². The van der Waals surface area contributed by atoms with E-state index in [-0.39, 0.29) is 5.56 Å².